The van der Waals surface area contributed by atoms with Crippen molar-refractivity contribution in [1.29, 1.82) is 0 Å². The Morgan fingerprint density at radius 1 is 1.14 bits per heavy atom. The van der Waals surface area contributed by atoms with Gasteiger partial charge in [0.15, 0.2) is 0 Å². The zero-order chi connectivity index (χ0) is 19.4. The van der Waals surface area contributed by atoms with E-state index in [0.29, 0.717) is 25.2 Å². The van der Waals surface area contributed by atoms with Gasteiger partial charge < -0.3 is 10.6 Å². The molecule has 1 amide bonds. The number of carbonyl (C=O) groups is 1. The van der Waals surface area contributed by atoms with Crippen LogP contribution in [0.15, 0.2) is 53.4 Å². The molecule has 2 aromatic rings. The maximum Gasteiger partial charge on any atom is 0.243 e. The average molecular weight is 424 g/mol. The minimum atomic E-state index is -3.69. The molecule has 0 atom stereocenters. The minimum Gasteiger partial charge on any atom is -0.329 e. The second-order valence-corrected chi connectivity index (χ2v) is 8.58. The predicted octanol–water partition coefficient (Wildman–Crippen LogP) is 2.21. The molecule has 1 aliphatic rings. The number of hydrogen-bond donors (Lipinski definition) is 1. The van der Waals surface area contributed by atoms with Gasteiger partial charge in [0.25, 0.3) is 0 Å². The van der Waals surface area contributed by atoms with Crippen LogP contribution in [0.5, 0.6) is 0 Å². The molecule has 6 nitrogen and oxygen atoms in total. The van der Waals surface area contributed by atoms with Crippen LogP contribution in [-0.2, 0) is 27.7 Å². The number of carbonyl (C=O) groups excluding carboxylic acids is 1. The SMILES string of the molecule is CC(=O)N1CCc2ccc(S(=O)(=O)N(CCN)CCc3ccccc3)cc21.Cl. The Hall–Kier alpha value is -1.93. The van der Waals surface area contributed by atoms with Crippen molar-refractivity contribution in [2.45, 2.75) is 24.7 Å². The summed E-state index contributed by atoms with van der Waals surface area (Å²) in [6.45, 7) is 2.95. The van der Waals surface area contributed by atoms with E-state index < -0.39 is 10.0 Å². The Kier molecular flexibility index (Phi) is 7.60. The number of nitrogens with zero attached hydrogens (tertiary/aromatic N) is 2. The molecule has 3 rings (SSSR count). The van der Waals surface area contributed by atoms with Gasteiger partial charge in [-0.05, 0) is 36.1 Å². The fraction of sp³-hybridized carbons (Fsp3) is 0.350. The van der Waals surface area contributed by atoms with E-state index in [1.54, 1.807) is 17.0 Å². The lowest BCUT2D eigenvalue weighted by Crippen LogP contribution is -2.37. The molecular formula is C20H26ClN3O3S. The summed E-state index contributed by atoms with van der Waals surface area (Å²) in [5.74, 6) is -0.0776. The van der Waals surface area contributed by atoms with Crippen LogP contribution in [0.4, 0.5) is 5.69 Å². The van der Waals surface area contributed by atoms with Crippen LogP contribution in [0.25, 0.3) is 0 Å². The molecule has 0 saturated heterocycles. The molecule has 0 fully saturated rings. The number of fused-ring (bicyclic) bond motifs is 1. The van der Waals surface area contributed by atoms with E-state index in [-0.39, 0.29) is 36.3 Å². The van der Waals surface area contributed by atoms with Crippen molar-refractivity contribution in [1.82, 2.24) is 4.31 Å². The van der Waals surface area contributed by atoms with Gasteiger partial charge in [0.1, 0.15) is 0 Å². The van der Waals surface area contributed by atoms with Gasteiger partial charge in [-0.15, -0.1) is 12.4 Å². The summed E-state index contributed by atoms with van der Waals surface area (Å²) < 4.78 is 27.8. The molecule has 152 valence electrons. The Labute approximate surface area is 172 Å². The van der Waals surface area contributed by atoms with Crippen molar-refractivity contribution in [3.05, 3.63) is 59.7 Å². The highest BCUT2D eigenvalue weighted by atomic mass is 35.5. The minimum absolute atomic E-state index is 0. The molecule has 0 aliphatic carbocycles. The summed E-state index contributed by atoms with van der Waals surface area (Å²) in [6, 6.07) is 14.8. The largest absolute Gasteiger partial charge is 0.329 e. The lowest BCUT2D eigenvalue weighted by molar-refractivity contribution is -0.116. The van der Waals surface area contributed by atoms with Gasteiger partial charge in [-0.1, -0.05) is 36.4 Å². The van der Waals surface area contributed by atoms with Crippen LogP contribution in [0, 0.1) is 0 Å². The Morgan fingerprint density at radius 3 is 2.50 bits per heavy atom. The quantitative estimate of drug-likeness (QED) is 0.740. The van der Waals surface area contributed by atoms with Crippen molar-refractivity contribution in [3.63, 3.8) is 0 Å². The van der Waals surface area contributed by atoms with E-state index in [9.17, 15) is 13.2 Å². The first-order chi connectivity index (χ1) is 12.9. The smallest absolute Gasteiger partial charge is 0.243 e. The first-order valence-electron chi connectivity index (χ1n) is 9.08. The standard InChI is InChI=1S/C20H25N3O3S.ClH/c1-16(24)23-13-10-18-7-8-19(15-20(18)23)27(25,26)22(14-11-21)12-9-17-5-3-2-4-6-17;/h2-8,15H,9-14,21H2,1H3;1H. The van der Waals surface area contributed by atoms with Crippen LogP contribution in [0.1, 0.15) is 18.1 Å². The first kappa shape index (κ1) is 22.4. The Morgan fingerprint density at radius 2 is 1.86 bits per heavy atom. The summed E-state index contributed by atoms with van der Waals surface area (Å²) >= 11 is 0. The second-order valence-electron chi connectivity index (χ2n) is 6.64. The number of benzene rings is 2. The summed E-state index contributed by atoms with van der Waals surface area (Å²) in [6.07, 6.45) is 1.36. The monoisotopic (exact) mass is 423 g/mol. The summed E-state index contributed by atoms with van der Waals surface area (Å²) in [7, 11) is -3.69. The molecule has 0 spiro atoms. The molecule has 2 aromatic carbocycles. The van der Waals surface area contributed by atoms with Gasteiger partial charge in [0.05, 0.1) is 4.90 Å². The highest BCUT2D eigenvalue weighted by Gasteiger charge is 2.28. The normalized spacial score (nSPS) is 13.3. The summed E-state index contributed by atoms with van der Waals surface area (Å²) in [4.78, 5) is 13.7. The van der Waals surface area contributed by atoms with Crippen molar-refractivity contribution < 1.29 is 13.2 Å². The number of anilines is 1. The molecule has 1 heterocycles. The summed E-state index contributed by atoms with van der Waals surface area (Å²) in [5, 5.41) is 0. The zero-order valence-corrected chi connectivity index (χ0v) is 17.5. The number of amides is 1. The molecule has 0 aromatic heterocycles. The van der Waals surface area contributed by atoms with E-state index in [2.05, 4.69) is 0 Å². The lowest BCUT2D eigenvalue weighted by Gasteiger charge is -2.23. The number of sulfonamides is 1. The van der Waals surface area contributed by atoms with Crippen molar-refractivity contribution in [2.24, 2.45) is 5.73 Å². The van der Waals surface area contributed by atoms with Crippen molar-refractivity contribution >= 4 is 34.0 Å². The highest BCUT2D eigenvalue weighted by Crippen LogP contribution is 2.31. The van der Waals surface area contributed by atoms with E-state index in [0.717, 1.165) is 17.5 Å². The molecule has 0 saturated carbocycles. The van der Waals surface area contributed by atoms with E-state index in [1.165, 1.54) is 11.2 Å². The number of hydrogen-bond acceptors (Lipinski definition) is 4. The molecule has 1 aliphatic heterocycles. The Balaban J connectivity index is 0.00000280. The third-order valence-corrected chi connectivity index (χ3v) is 6.74. The zero-order valence-electron chi connectivity index (χ0n) is 15.9. The second kappa shape index (κ2) is 9.52. The summed E-state index contributed by atoms with van der Waals surface area (Å²) in [5.41, 5.74) is 8.43. The van der Waals surface area contributed by atoms with E-state index in [1.807, 2.05) is 36.4 Å². The maximum atomic E-state index is 13.2. The highest BCUT2D eigenvalue weighted by molar-refractivity contribution is 7.89. The predicted molar refractivity (Wildman–Crippen MR) is 113 cm³/mol. The number of halogens is 1. The van der Waals surface area contributed by atoms with Gasteiger partial charge in [-0.2, -0.15) is 4.31 Å². The molecule has 0 unspecified atom stereocenters. The fourth-order valence-corrected chi connectivity index (χ4v) is 4.87. The van der Waals surface area contributed by atoms with Crippen molar-refractivity contribution in [2.75, 3.05) is 31.1 Å². The molecule has 8 heteroatoms. The van der Waals surface area contributed by atoms with E-state index in [4.69, 9.17) is 5.73 Å². The third-order valence-electron chi connectivity index (χ3n) is 4.84. The molecule has 28 heavy (non-hydrogen) atoms. The maximum absolute atomic E-state index is 13.2. The van der Waals surface area contributed by atoms with Crippen molar-refractivity contribution in [3.8, 4) is 0 Å². The van der Waals surface area contributed by atoms with Crippen LogP contribution in [-0.4, -0.2) is 44.8 Å². The van der Waals surface area contributed by atoms with Gasteiger partial charge >= 0.3 is 0 Å². The lowest BCUT2D eigenvalue weighted by atomic mass is 10.1. The molecule has 0 radical (unpaired) electrons. The van der Waals surface area contributed by atoms with Gasteiger partial charge in [-0.25, -0.2) is 8.42 Å². The molecule has 2 N–H and O–H groups in total. The van der Waals surface area contributed by atoms with Crippen LogP contribution in [0.3, 0.4) is 0 Å². The number of nitrogens with two attached hydrogens (primary N) is 1. The van der Waals surface area contributed by atoms with Gasteiger partial charge in [0, 0.05) is 38.8 Å². The molecular weight excluding hydrogens is 398 g/mol. The van der Waals surface area contributed by atoms with Crippen LogP contribution in [0.2, 0.25) is 0 Å². The van der Waals surface area contributed by atoms with Crippen LogP contribution >= 0.6 is 12.4 Å². The Bertz CT molecular complexity index is 920. The number of rotatable bonds is 7. The average Bonchev–Trinajstić information content (AvgIpc) is 3.09. The first-order valence-corrected chi connectivity index (χ1v) is 10.5. The third kappa shape index (κ3) is 4.72. The topological polar surface area (TPSA) is 83.7 Å². The van der Waals surface area contributed by atoms with Crippen LogP contribution < -0.4 is 10.6 Å². The van der Waals surface area contributed by atoms with Gasteiger partial charge in [-0.3, -0.25) is 4.79 Å². The van der Waals surface area contributed by atoms with E-state index >= 15 is 0 Å². The fourth-order valence-electron chi connectivity index (χ4n) is 3.39. The van der Waals surface area contributed by atoms with Gasteiger partial charge in [0.2, 0.25) is 15.9 Å². The molecule has 0 bridgehead atoms.